The number of hydrogen-bond donors (Lipinski definition) is 4. The van der Waals surface area contributed by atoms with Crippen molar-refractivity contribution in [2.45, 2.75) is 0 Å². The molecule has 0 fully saturated rings. The van der Waals surface area contributed by atoms with Crippen LogP contribution < -0.4 is 11.0 Å². The van der Waals surface area contributed by atoms with Crippen molar-refractivity contribution in [1.29, 1.82) is 0 Å². The Labute approximate surface area is 113 Å². The van der Waals surface area contributed by atoms with Crippen LogP contribution in [-0.4, -0.2) is 26.1 Å². The Hall–Kier alpha value is -3.09. The van der Waals surface area contributed by atoms with Gasteiger partial charge < -0.3 is 15.3 Å². The Bertz CT molecular complexity index is 768. The third-order valence-corrected chi connectivity index (χ3v) is 2.79. The van der Waals surface area contributed by atoms with Gasteiger partial charge in [0.25, 0.3) is 5.91 Å². The molecule has 3 aromatic rings. The molecule has 0 aliphatic rings. The summed E-state index contributed by atoms with van der Waals surface area (Å²) in [5.74, 6) is -0.377. The molecule has 1 amide bonds. The summed E-state index contributed by atoms with van der Waals surface area (Å²) in [6.07, 6.45) is 3.00. The lowest BCUT2D eigenvalue weighted by Gasteiger charge is -2.04. The summed E-state index contributed by atoms with van der Waals surface area (Å²) in [6, 6.07) is 9.14. The van der Waals surface area contributed by atoms with Crippen LogP contribution in [0.2, 0.25) is 0 Å². The van der Waals surface area contributed by atoms with Crippen LogP contribution in [0.5, 0.6) is 0 Å². The minimum Gasteiger partial charge on any atom is -0.321 e. The van der Waals surface area contributed by atoms with Gasteiger partial charge in [0.2, 0.25) is 0 Å². The highest BCUT2D eigenvalue weighted by Gasteiger charge is 2.08. The van der Waals surface area contributed by atoms with Crippen LogP contribution in [0.15, 0.2) is 47.5 Å². The maximum atomic E-state index is 11.8. The first-order valence-electron chi connectivity index (χ1n) is 5.91. The smallest absolute Gasteiger partial charge is 0.321 e. The number of imidazole rings is 1. The average molecular weight is 269 g/mol. The molecule has 7 nitrogen and oxygen atoms in total. The van der Waals surface area contributed by atoms with Crippen molar-refractivity contribution in [1.82, 2.24) is 20.2 Å². The molecule has 0 saturated carbocycles. The van der Waals surface area contributed by atoms with E-state index in [1.54, 1.807) is 18.3 Å². The van der Waals surface area contributed by atoms with Gasteiger partial charge in [-0.1, -0.05) is 12.1 Å². The van der Waals surface area contributed by atoms with E-state index < -0.39 is 5.69 Å². The molecule has 7 heteroatoms. The van der Waals surface area contributed by atoms with Gasteiger partial charge in [0.15, 0.2) is 0 Å². The minimum absolute atomic E-state index is 0.188. The second-order valence-corrected chi connectivity index (χ2v) is 4.16. The fourth-order valence-electron chi connectivity index (χ4n) is 1.80. The summed E-state index contributed by atoms with van der Waals surface area (Å²) in [7, 11) is 0. The first-order valence-corrected chi connectivity index (χ1v) is 5.91. The molecular weight excluding hydrogens is 258 g/mol. The molecule has 2 heterocycles. The minimum atomic E-state index is -0.412. The molecule has 4 N–H and O–H groups in total. The second kappa shape index (κ2) is 4.88. The van der Waals surface area contributed by atoms with Crippen LogP contribution in [0.4, 0.5) is 5.69 Å². The van der Waals surface area contributed by atoms with Crippen molar-refractivity contribution in [2.24, 2.45) is 0 Å². The van der Waals surface area contributed by atoms with Crippen LogP contribution in [0.3, 0.4) is 0 Å². The molecule has 0 unspecified atom stereocenters. The molecule has 0 aliphatic heterocycles. The standard InChI is InChI=1S/C13H11N5O2/c19-12(11-7-14-13(20)17-11)16-9-3-1-8(2-4-9)10-5-6-15-18-10/h1-7H,(H,15,18)(H,16,19)(H2,14,17,20). The molecule has 1 aromatic carbocycles. The summed E-state index contributed by atoms with van der Waals surface area (Å²) in [6.45, 7) is 0. The molecule has 0 saturated heterocycles. The fraction of sp³-hybridized carbons (Fsp3) is 0. The van der Waals surface area contributed by atoms with Gasteiger partial charge in [-0.2, -0.15) is 5.10 Å². The van der Waals surface area contributed by atoms with E-state index in [1.807, 2.05) is 18.2 Å². The lowest BCUT2D eigenvalue weighted by molar-refractivity contribution is 0.102. The number of nitrogens with one attached hydrogen (secondary N) is 4. The maximum absolute atomic E-state index is 11.8. The topological polar surface area (TPSA) is 106 Å². The van der Waals surface area contributed by atoms with Crippen LogP contribution in [0.25, 0.3) is 11.3 Å². The van der Waals surface area contributed by atoms with Gasteiger partial charge in [0.05, 0.1) is 5.69 Å². The molecule has 0 spiro atoms. The zero-order valence-corrected chi connectivity index (χ0v) is 10.3. The van der Waals surface area contributed by atoms with Crippen molar-refractivity contribution >= 4 is 11.6 Å². The lowest BCUT2D eigenvalue weighted by atomic mass is 10.1. The van der Waals surface area contributed by atoms with Gasteiger partial charge in [-0.25, -0.2) is 4.79 Å². The van der Waals surface area contributed by atoms with E-state index in [-0.39, 0.29) is 11.6 Å². The number of aromatic amines is 3. The summed E-state index contributed by atoms with van der Waals surface area (Å²) in [5, 5.41) is 9.43. The Balaban J connectivity index is 1.75. The number of rotatable bonds is 3. The summed E-state index contributed by atoms with van der Waals surface area (Å²) < 4.78 is 0. The average Bonchev–Trinajstić information content (AvgIpc) is 3.10. The number of carbonyl (C=O) groups excluding carboxylic acids is 1. The zero-order chi connectivity index (χ0) is 13.9. The van der Waals surface area contributed by atoms with Crippen LogP contribution >= 0.6 is 0 Å². The Kier molecular flexibility index (Phi) is 2.92. The third-order valence-electron chi connectivity index (χ3n) is 2.79. The van der Waals surface area contributed by atoms with E-state index in [2.05, 4.69) is 25.5 Å². The van der Waals surface area contributed by atoms with Gasteiger partial charge in [0.1, 0.15) is 5.69 Å². The van der Waals surface area contributed by atoms with Gasteiger partial charge in [0, 0.05) is 18.1 Å². The number of nitrogens with zero attached hydrogens (tertiary/aromatic N) is 1. The van der Waals surface area contributed by atoms with E-state index in [0.717, 1.165) is 11.3 Å². The van der Waals surface area contributed by atoms with Gasteiger partial charge in [-0.15, -0.1) is 0 Å². The van der Waals surface area contributed by atoms with Crippen molar-refractivity contribution < 1.29 is 4.79 Å². The van der Waals surface area contributed by atoms with Crippen molar-refractivity contribution in [3.63, 3.8) is 0 Å². The first kappa shape index (κ1) is 12.0. The lowest BCUT2D eigenvalue weighted by Crippen LogP contribution is -2.13. The van der Waals surface area contributed by atoms with Gasteiger partial charge >= 0.3 is 5.69 Å². The number of hydrogen-bond acceptors (Lipinski definition) is 3. The molecule has 100 valence electrons. The zero-order valence-electron chi connectivity index (χ0n) is 10.3. The quantitative estimate of drug-likeness (QED) is 0.576. The van der Waals surface area contributed by atoms with Crippen molar-refractivity contribution in [3.8, 4) is 11.3 Å². The number of benzene rings is 1. The monoisotopic (exact) mass is 269 g/mol. The van der Waals surface area contributed by atoms with Gasteiger partial charge in [-0.05, 0) is 23.8 Å². The normalized spacial score (nSPS) is 10.4. The first-order chi connectivity index (χ1) is 9.72. The Morgan fingerprint density at radius 3 is 2.55 bits per heavy atom. The molecule has 0 radical (unpaired) electrons. The summed E-state index contributed by atoms with van der Waals surface area (Å²) in [5.41, 5.74) is 2.28. The van der Waals surface area contributed by atoms with Gasteiger partial charge in [-0.3, -0.25) is 9.89 Å². The van der Waals surface area contributed by atoms with E-state index in [9.17, 15) is 9.59 Å². The molecule has 0 atom stereocenters. The van der Waals surface area contributed by atoms with E-state index in [4.69, 9.17) is 0 Å². The maximum Gasteiger partial charge on any atom is 0.323 e. The fourth-order valence-corrected chi connectivity index (χ4v) is 1.80. The summed E-state index contributed by atoms with van der Waals surface area (Å²) >= 11 is 0. The van der Waals surface area contributed by atoms with E-state index in [1.165, 1.54) is 6.20 Å². The molecule has 2 aromatic heterocycles. The third kappa shape index (κ3) is 2.37. The largest absolute Gasteiger partial charge is 0.323 e. The van der Waals surface area contributed by atoms with E-state index in [0.29, 0.717) is 5.69 Å². The number of H-pyrrole nitrogens is 3. The number of aromatic nitrogens is 4. The Morgan fingerprint density at radius 2 is 1.95 bits per heavy atom. The second-order valence-electron chi connectivity index (χ2n) is 4.16. The highest BCUT2D eigenvalue weighted by atomic mass is 16.2. The number of carbonyl (C=O) groups is 1. The van der Waals surface area contributed by atoms with Crippen LogP contribution in [0.1, 0.15) is 10.5 Å². The van der Waals surface area contributed by atoms with Crippen molar-refractivity contribution in [2.75, 3.05) is 5.32 Å². The van der Waals surface area contributed by atoms with Crippen molar-refractivity contribution in [3.05, 3.63) is 58.9 Å². The van der Waals surface area contributed by atoms with Crippen LogP contribution in [-0.2, 0) is 0 Å². The molecule has 3 rings (SSSR count). The molecule has 0 aliphatic carbocycles. The molecular formula is C13H11N5O2. The summed E-state index contributed by atoms with van der Waals surface area (Å²) in [4.78, 5) is 27.5. The number of anilines is 1. The predicted molar refractivity (Wildman–Crippen MR) is 73.4 cm³/mol. The molecule has 0 bridgehead atoms. The van der Waals surface area contributed by atoms with E-state index >= 15 is 0 Å². The highest BCUT2D eigenvalue weighted by Crippen LogP contribution is 2.19. The molecule has 20 heavy (non-hydrogen) atoms. The van der Waals surface area contributed by atoms with Crippen LogP contribution in [0, 0.1) is 0 Å². The SMILES string of the molecule is O=C(Nc1ccc(-c2ccn[nH]2)cc1)c1c[nH]c(=O)[nH]1. The predicted octanol–water partition coefficient (Wildman–Crippen LogP) is 1.35. The number of amides is 1. The Morgan fingerprint density at radius 1 is 1.15 bits per heavy atom. The highest BCUT2D eigenvalue weighted by molar-refractivity contribution is 6.02.